The molecule has 1 heterocycles. The lowest BCUT2D eigenvalue weighted by atomic mass is 9.96. The first-order valence-corrected chi connectivity index (χ1v) is 18.6. The van der Waals surface area contributed by atoms with Crippen molar-refractivity contribution in [3.05, 3.63) is 92.7 Å². The van der Waals surface area contributed by atoms with E-state index in [1.54, 1.807) is 0 Å². The summed E-state index contributed by atoms with van der Waals surface area (Å²) in [6.07, 6.45) is 5.56. The van der Waals surface area contributed by atoms with Gasteiger partial charge in [-0.2, -0.15) is 0 Å². The highest BCUT2D eigenvalue weighted by molar-refractivity contribution is 6.74. The number of nitrogens with zero attached hydrogens (tertiary/aromatic N) is 1. The Labute approximate surface area is 261 Å². The summed E-state index contributed by atoms with van der Waals surface area (Å²) in [4.78, 5) is 16.1. The molecule has 44 heavy (non-hydrogen) atoms. The molecule has 3 N–H and O–H groups in total. The molecular formula is C35H45N3O5Si. The summed E-state index contributed by atoms with van der Waals surface area (Å²) >= 11 is 0. The highest BCUT2D eigenvalue weighted by Crippen LogP contribution is 2.45. The molecule has 1 aliphatic carbocycles. The molecular weight excluding hydrogens is 570 g/mol. The van der Waals surface area contributed by atoms with Crippen molar-refractivity contribution in [3.8, 4) is 17.2 Å². The molecule has 0 unspecified atom stereocenters. The second-order valence-corrected chi connectivity index (χ2v) is 16.4. The lowest BCUT2D eigenvalue weighted by Crippen LogP contribution is -2.40. The Balaban J connectivity index is 1.48. The topological polar surface area (TPSA) is 113 Å². The van der Waals surface area contributed by atoms with Gasteiger partial charge in [0.25, 0.3) is 8.32 Å². The zero-order chi connectivity index (χ0) is 31.1. The van der Waals surface area contributed by atoms with Crippen LogP contribution in [0.5, 0.6) is 17.2 Å². The van der Waals surface area contributed by atoms with Crippen molar-refractivity contribution in [2.24, 2.45) is 5.73 Å². The smallest absolute Gasteiger partial charge is 0.351 e. The van der Waals surface area contributed by atoms with Gasteiger partial charge in [0.2, 0.25) is 5.75 Å². The van der Waals surface area contributed by atoms with Crippen molar-refractivity contribution < 1.29 is 18.8 Å². The Morgan fingerprint density at radius 1 is 0.909 bits per heavy atom. The number of nitro benzene ring substituents is 1. The third kappa shape index (κ3) is 6.79. The van der Waals surface area contributed by atoms with E-state index in [1.807, 2.05) is 42.5 Å². The first kappa shape index (κ1) is 31.6. The number of nitro groups is 1. The average Bonchev–Trinajstić information content (AvgIpc) is 3.42. The number of H-pyrrole nitrogens is 1. The summed E-state index contributed by atoms with van der Waals surface area (Å²) in [5.41, 5.74) is 12.2. The predicted molar refractivity (Wildman–Crippen MR) is 179 cm³/mol. The molecule has 0 amide bonds. The molecule has 0 saturated carbocycles. The van der Waals surface area contributed by atoms with E-state index in [0.717, 1.165) is 58.9 Å². The highest BCUT2D eigenvalue weighted by atomic mass is 28.4. The molecule has 8 nitrogen and oxygen atoms in total. The van der Waals surface area contributed by atoms with Gasteiger partial charge in [-0.05, 0) is 86.1 Å². The fourth-order valence-corrected chi connectivity index (χ4v) is 8.98. The molecule has 0 spiro atoms. The number of ether oxygens (including phenoxy) is 2. The quantitative estimate of drug-likeness (QED) is 0.0795. The monoisotopic (exact) mass is 615 g/mol. The minimum atomic E-state index is -2.25. The van der Waals surface area contributed by atoms with Gasteiger partial charge in [-0.15, -0.1) is 0 Å². The van der Waals surface area contributed by atoms with Gasteiger partial charge in [-0.3, -0.25) is 10.1 Å². The lowest BCUT2D eigenvalue weighted by molar-refractivity contribution is -0.386. The molecule has 0 bridgehead atoms. The summed E-state index contributed by atoms with van der Waals surface area (Å²) in [6.45, 7) is 7.25. The van der Waals surface area contributed by atoms with E-state index >= 15 is 0 Å². The third-order valence-corrected chi connectivity index (χ3v) is 13.6. The number of rotatable bonds is 15. The number of benzene rings is 3. The molecule has 0 saturated heterocycles. The van der Waals surface area contributed by atoms with Crippen LogP contribution >= 0.6 is 0 Å². The van der Waals surface area contributed by atoms with Crippen LogP contribution in [0.4, 0.5) is 5.69 Å². The molecule has 1 aliphatic rings. The van der Waals surface area contributed by atoms with E-state index in [2.05, 4.69) is 37.9 Å². The minimum absolute atomic E-state index is 0.104. The van der Waals surface area contributed by atoms with Crippen LogP contribution in [-0.2, 0) is 32.3 Å². The Bertz CT molecular complexity index is 1570. The highest BCUT2D eigenvalue weighted by Gasteiger charge is 2.37. The largest absolute Gasteiger partial charge is 0.539 e. The van der Waals surface area contributed by atoms with Gasteiger partial charge < -0.3 is 24.6 Å². The second-order valence-electron chi connectivity index (χ2n) is 11.7. The average molecular weight is 616 g/mol. The van der Waals surface area contributed by atoms with Gasteiger partial charge >= 0.3 is 5.69 Å². The van der Waals surface area contributed by atoms with Crippen molar-refractivity contribution in [1.82, 2.24) is 4.98 Å². The Morgan fingerprint density at radius 2 is 1.64 bits per heavy atom. The first-order valence-electron chi connectivity index (χ1n) is 16.1. The van der Waals surface area contributed by atoms with Crippen molar-refractivity contribution in [2.45, 2.75) is 84.0 Å². The fourth-order valence-electron chi connectivity index (χ4n) is 6.39. The standard InChI is InChI=1S/C35H45N3O5Si/c1-4-44(5-2,6-3)43-35-26(18-20-36)22-27(34(33(35)38(39)40)42-24-25-12-8-7-9-13-25)19-21-41-28-16-17-30-29-14-10-11-15-31(29)37-32(30)23-28/h7-9,12-13,16-17,22-23,37H,4-6,10-11,14-15,18-21,24,36H2,1-3H3. The Morgan fingerprint density at radius 3 is 2.34 bits per heavy atom. The summed E-state index contributed by atoms with van der Waals surface area (Å²) in [5, 5.41) is 14.1. The lowest BCUT2D eigenvalue weighted by Gasteiger charge is -2.30. The van der Waals surface area contributed by atoms with Crippen molar-refractivity contribution in [1.29, 1.82) is 0 Å². The summed E-state index contributed by atoms with van der Waals surface area (Å²) < 4.78 is 19.3. The number of hydrogen-bond donors (Lipinski definition) is 2. The number of aryl methyl sites for hydroxylation is 2. The van der Waals surface area contributed by atoms with E-state index in [-0.39, 0.29) is 23.0 Å². The second kappa shape index (κ2) is 14.3. The molecule has 0 radical (unpaired) electrons. The van der Waals surface area contributed by atoms with Gasteiger partial charge in [0.1, 0.15) is 12.4 Å². The van der Waals surface area contributed by atoms with Crippen LogP contribution < -0.4 is 19.6 Å². The number of hydrogen-bond acceptors (Lipinski definition) is 6. The van der Waals surface area contributed by atoms with Crippen LogP contribution in [0.1, 0.15) is 61.6 Å². The van der Waals surface area contributed by atoms with E-state index in [0.29, 0.717) is 31.7 Å². The summed E-state index contributed by atoms with van der Waals surface area (Å²) in [6, 6.07) is 20.5. The van der Waals surface area contributed by atoms with Gasteiger partial charge in [0.15, 0.2) is 5.75 Å². The minimum Gasteiger partial charge on any atom is -0.539 e. The fraction of sp³-hybridized carbons (Fsp3) is 0.429. The molecule has 3 aromatic carbocycles. The van der Waals surface area contributed by atoms with Gasteiger partial charge in [-0.1, -0.05) is 51.1 Å². The molecule has 5 rings (SSSR count). The van der Waals surface area contributed by atoms with Crippen molar-refractivity contribution >= 4 is 24.9 Å². The van der Waals surface area contributed by atoms with Crippen LogP contribution in [0.2, 0.25) is 18.1 Å². The summed E-state index contributed by atoms with van der Waals surface area (Å²) in [7, 11) is -2.25. The van der Waals surface area contributed by atoms with E-state index in [1.165, 1.54) is 29.5 Å². The SMILES string of the molecule is CC[Si](CC)(CC)Oc1c(CCN)cc(CCOc2ccc3c4c([nH]c3c2)CCCC4)c(OCc2ccccc2)c1[N+](=O)[O-]. The van der Waals surface area contributed by atoms with Crippen molar-refractivity contribution in [3.63, 3.8) is 0 Å². The third-order valence-electron chi connectivity index (χ3n) is 9.15. The number of nitrogens with one attached hydrogen (secondary N) is 1. The van der Waals surface area contributed by atoms with Crippen LogP contribution in [0.3, 0.4) is 0 Å². The normalized spacial score (nSPS) is 13.1. The molecule has 0 fully saturated rings. The van der Waals surface area contributed by atoms with E-state index < -0.39 is 8.32 Å². The van der Waals surface area contributed by atoms with Gasteiger partial charge in [0.05, 0.1) is 11.5 Å². The van der Waals surface area contributed by atoms with E-state index in [4.69, 9.17) is 19.6 Å². The Kier molecular flexibility index (Phi) is 10.3. The zero-order valence-corrected chi connectivity index (χ0v) is 27.2. The predicted octanol–water partition coefficient (Wildman–Crippen LogP) is 8.04. The summed E-state index contributed by atoms with van der Waals surface area (Å²) in [5.74, 6) is 1.34. The van der Waals surface area contributed by atoms with Crippen LogP contribution in [0.15, 0.2) is 54.6 Å². The number of nitrogens with two attached hydrogens (primary N) is 1. The molecule has 0 aliphatic heterocycles. The first-order chi connectivity index (χ1) is 21.4. The maximum absolute atomic E-state index is 12.8. The zero-order valence-electron chi connectivity index (χ0n) is 26.2. The number of fused-ring (bicyclic) bond motifs is 3. The maximum Gasteiger partial charge on any atom is 0.351 e. The molecule has 0 atom stereocenters. The molecule has 234 valence electrons. The number of aromatic amines is 1. The van der Waals surface area contributed by atoms with Crippen molar-refractivity contribution in [2.75, 3.05) is 13.2 Å². The molecule has 4 aromatic rings. The molecule has 1 aromatic heterocycles. The van der Waals surface area contributed by atoms with Gasteiger partial charge in [0, 0.05) is 40.2 Å². The Hall–Kier alpha value is -3.82. The molecule has 9 heteroatoms. The van der Waals surface area contributed by atoms with Crippen LogP contribution in [-0.4, -0.2) is 31.4 Å². The van der Waals surface area contributed by atoms with Crippen LogP contribution in [0, 0.1) is 10.1 Å². The van der Waals surface area contributed by atoms with E-state index in [9.17, 15) is 10.1 Å². The maximum atomic E-state index is 12.8. The van der Waals surface area contributed by atoms with Crippen LogP contribution in [0.25, 0.3) is 10.9 Å². The van der Waals surface area contributed by atoms with Gasteiger partial charge in [-0.25, -0.2) is 0 Å². The number of aromatic nitrogens is 1.